The van der Waals surface area contributed by atoms with Crippen molar-refractivity contribution in [1.29, 1.82) is 0 Å². The van der Waals surface area contributed by atoms with E-state index in [1.54, 1.807) is 12.1 Å². The molecule has 0 saturated carbocycles. The van der Waals surface area contributed by atoms with Crippen LogP contribution in [0.5, 0.6) is 0 Å². The smallest absolute Gasteiger partial charge is 0.241 e. The van der Waals surface area contributed by atoms with Gasteiger partial charge in [0.15, 0.2) is 0 Å². The largest absolute Gasteiger partial charge is 0.392 e. The van der Waals surface area contributed by atoms with Gasteiger partial charge in [0.05, 0.1) is 11.5 Å². The molecule has 0 spiro atoms. The molecule has 0 amide bonds. The Bertz CT molecular complexity index is 543. The van der Waals surface area contributed by atoms with Gasteiger partial charge in [0.25, 0.3) is 0 Å². The van der Waals surface area contributed by atoms with Crippen molar-refractivity contribution in [1.82, 2.24) is 4.72 Å². The van der Waals surface area contributed by atoms with Crippen molar-refractivity contribution >= 4 is 26.0 Å². The van der Waals surface area contributed by atoms with Crippen LogP contribution < -0.4 is 4.72 Å². The van der Waals surface area contributed by atoms with Crippen LogP contribution in [0.4, 0.5) is 0 Å². The summed E-state index contributed by atoms with van der Waals surface area (Å²) in [6.07, 6.45) is 1.77. The van der Waals surface area contributed by atoms with Crippen molar-refractivity contribution in [3.8, 4) is 0 Å². The van der Waals surface area contributed by atoms with Crippen molar-refractivity contribution < 1.29 is 13.5 Å². The van der Waals surface area contributed by atoms with Crippen molar-refractivity contribution in [2.75, 3.05) is 0 Å². The fourth-order valence-corrected chi connectivity index (χ4v) is 4.11. The molecule has 1 unspecified atom stereocenters. The van der Waals surface area contributed by atoms with Crippen LogP contribution in [0.25, 0.3) is 0 Å². The molecule has 0 heterocycles. The molecule has 1 atom stereocenters. The third kappa shape index (κ3) is 5.16. The molecule has 20 heavy (non-hydrogen) atoms. The number of sulfonamides is 1. The standard InChI is InChI=1S/C14H22BrNO3S/c1-10(2)4-5-11(3)16-20(18,19)14-8-12(9-17)6-7-13(14)15/h6-8,10-11,16-17H,4-5,9H2,1-3H3. The molecule has 0 bridgehead atoms. The zero-order valence-corrected chi connectivity index (χ0v) is 14.5. The Balaban J connectivity index is 2.88. The molecular weight excluding hydrogens is 342 g/mol. The van der Waals surface area contributed by atoms with Gasteiger partial charge < -0.3 is 5.11 Å². The number of aliphatic hydroxyl groups excluding tert-OH is 1. The quantitative estimate of drug-likeness (QED) is 0.782. The molecule has 0 aliphatic rings. The highest BCUT2D eigenvalue weighted by atomic mass is 79.9. The van der Waals surface area contributed by atoms with E-state index in [2.05, 4.69) is 34.5 Å². The number of nitrogens with one attached hydrogen (secondary N) is 1. The second kappa shape index (κ2) is 7.54. The zero-order valence-electron chi connectivity index (χ0n) is 12.1. The number of hydrogen-bond acceptors (Lipinski definition) is 3. The maximum atomic E-state index is 12.4. The van der Waals surface area contributed by atoms with E-state index >= 15 is 0 Å². The molecule has 1 aromatic rings. The molecule has 0 radical (unpaired) electrons. The predicted molar refractivity (Wildman–Crippen MR) is 83.9 cm³/mol. The Morgan fingerprint density at radius 2 is 1.90 bits per heavy atom. The molecule has 0 aliphatic carbocycles. The van der Waals surface area contributed by atoms with Gasteiger partial charge in [0, 0.05) is 10.5 Å². The van der Waals surface area contributed by atoms with E-state index in [0.29, 0.717) is 16.0 Å². The minimum Gasteiger partial charge on any atom is -0.392 e. The third-order valence-corrected chi connectivity index (χ3v) is 5.58. The third-order valence-electron chi connectivity index (χ3n) is 3.00. The first-order valence-electron chi connectivity index (χ1n) is 6.68. The van der Waals surface area contributed by atoms with Crippen LogP contribution in [0, 0.1) is 5.92 Å². The number of hydrogen-bond donors (Lipinski definition) is 2. The van der Waals surface area contributed by atoms with E-state index in [-0.39, 0.29) is 17.5 Å². The molecule has 0 aliphatic heterocycles. The topological polar surface area (TPSA) is 66.4 Å². The van der Waals surface area contributed by atoms with E-state index < -0.39 is 10.0 Å². The number of halogens is 1. The van der Waals surface area contributed by atoms with Crippen LogP contribution in [-0.4, -0.2) is 19.6 Å². The molecule has 4 nitrogen and oxygen atoms in total. The molecule has 114 valence electrons. The van der Waals surface area contributed by atoms with Gasteiger partial charge in [-0.25, -0.2) is 13.1 Å². The summed E-state index contributed by atoms with van der Waals surface area (Å²) in [5.41, 5.74) is 0.573. The van der Waals surface area contributed by atoms with Crippen LogP contribution in [0.1, 0.15) is 39.2 Å². The second-order valence-electron chi connectivity index (χ2n) is 5.42. The minimum atomic E-state index is -3.58. The SMILES string of the molecule is CC(C)CCC(C)NS(=O)(=O)c1cc(CO)ccc1Br. The molecular formula is C14H22BrNO3S. The van der Waals surface area contributed by atoms with Crippen molar-refractivity contribution in [2.45, 2.75) is 51.2 Å². The van der Waals surface area contributed by atoms with Crippen LogP contribution in [0.3, 0.4) is 0 Å². The Kier molecular flexibility index (Phi) is 6.64. The van der Waals surface area contributed by atoms with Crippen LogP contribution in [0.15, 0.2) is 27.6 Å². The molecule has 6 heteroatoms. The lowest BCUT2D eigenvalue weighted by atomic mass is 10.1. The van der Waals surface area contributed by atoms with Crippen molar-refractivity contribution in [3.05, 3.63) is 28.2 Å². The Labute approximate surface area is 129 Å². The Hall–Kier alpha value is -0.430. The summed E-state index contributed by atoms with van der Waals surface area (Å²) >= 11 is 3.25. The van der Waals surface area contributed by atoms with Gasteiger partial charge in [-0.3, -0.25) is 0 Å². The summed E-state index contributed by atoms with van der Waals surface area (Å²) in [5, 5.41) is 9.12. The van der Waals surface area contributed by atoms with Crippen LogP contribution in [-0.2, 0) is 16.6 Å². The van der Waals surface area contributed by atoms with Crippen molar-refractivity contribution in [3.63, 3.8) is 0 Å². The lowest BCUT2D eigenvalue weighted by molar-refractivity contribution is 0.281. The monoisotopic (exact) mass is 363 g/mol. The number of aliphatic hydroxyl groups is 1. The molecule has 1 aromatic carbocycles. The first-order valence-corrected chi connectivity index (χ1v) is 8.95. The summed E-state index contributed by atoms with van der Waals surface area (Å²) in [6, 6.07) is 4.69. The average molecular weight is 364 g/mol. The van der Waals surface area contributed by atoms with E-state index in [1.807, 2.05) is 6.92 Å². The van der Waals surface area contributed by atoms with Gasteiger partial charge in [-0.1, -0.05) is 19.9 Å². The maximum Gasteiger partial charge on any atom is 0.241 e. The maximum absolute atomic E-state index is 12.4. The highest BCUT2D eigenvalue weighted by Gasteiger charge is 2.20. The van der Waals surface area contributed by atoms with Crippen molar-refractivity contribution in [2.24, 2.45) is 5.92 Å². The van der Waals surface area contributed by atoms with Crippen LogP contribution in [0.2, 0.25) is 0 Å². The molecule has 2 N–H and O–H groups in total. The van der Waals surface area contributed by atoms with Gasteiger partial charge >= 0.3 is 0 Å². The highest BCUT2D eigenvalue weighted by molar-refractivity contribution is 9.10. The van der Waals surface area contributed by atoms with E-state index in [0.717, 1.165) is 12.8 Å². The normalized spacial score (nSPS) is 13.7. The highest BCUT2D eigenvalue weighted by Crippen LogP contribution is 2.24. The molecule has 1 rings (SSSR count). The van der Waals surface area contributed by atoms with E-state index in [1.165, 1.54) is 6.07 Å². The lowest BCUT2D eigenvalue weighted by Gasteiger charge is -2.16. The summed E-state index contributed by atoms with van der Waals surface area (Å²) < 4.78 is 27.9. The van der Waals surface area contributed by atoms with Gasteiger partial charge in [0.1, 0.15) is 0 Å². The lowest BCUT2D eigenvalue weighted by Crippen LogP contribution is -2.33. The first-order chi connectivity index (χ1) is 9.26. The molecule has 0 fully saturated rings. The predicted octanol–water partition coefficient (Wildman–Crippen LogP) is 3.04. The molecule has 0 aromatic heterocycles. The fourth-order valence-electron chi connectivity index (χ4n) is 1.82. The van der Waals surface area contributed by atoms with Gasteiger partial charge in [-0.15, -0.1) is 0 Å². The molecule has 0 saturated heterocycles. The minimum absolute atomic E-state index is 0.118. The summed E-state index contributed by atoms with van der Waals surface area (Å²) in [7, 11) is -3.58. The Morgan fingerprint density at radius 1 is 1.25 bits per heavy atom. The fraction of sp³-hybridized carbons (Fsp3) is 0.571. The summed E-state index contributed by atoms with van der Waals surface area (Å²) in [4.78, 5) is 0.167. The second-order valence-corrected chi connectivity index (χ2v) is 7.95. The van der Waals surface area contributed by atoms with E-state index in [9.17, 15) is 8.42 Å². The summed E-state index contributed by atoms with van der Waals surface area (Å²) in [6.45, 7) is 5.91. The summed E-state index contributed by atoms with van der Waals surface area (Å²) in [5.74, 6) is 0.548. The van der Waals surface area contributed by atoms with E-state index in [4.69, 9.17) is 5.11 Å². The van der Waals surface area contributed by atoms with Gasteiger partial charge in [0.2, 0.25) is 10.0 Å². The van der Waals surface area contributed by atoms with Gasteiger partial charge in [-0.05, 0) is 59.3 Å². The van der Waals surface area contributed by atoms with Crippen LogP contribution >= 0.6 is 15.9 Å². The first kappa shape index (κ1) is 17.6. The number of benzene rings is 1. The number of rotatable bonds is 7. The zero-order chi connectivity index (χ0) is 15.3. The Morgan fingerprint density at radius 3 is 2.45 bits per heavy atom. The van der Waals surface area contributed by atoms with Gasteiger partial charge in [-0.2, -0.15) is 0 Å². The average Bonchev–Trinajstić information content (AvgIpc) is 2.36.